The van der Waals surface area contributed by atoms with Crippen LogP contribution in [0.4, 0.5) is 5.69 Å². The van der Waals surface area contributed by atoms with E-state index in [1.807, 2.05) is 17.0 Å². The molecule has 8 nitrogen and oxygen atoms in total. The number of benzene rings is 1. The Kier molecular flexibility index (Phi) is 7.00. The van der Waals surface area contributed by atoms with Crippen LogP contribution >= 0.6 is 0 Å². The number of nitrogens with zero attached hydrogens (tertiary/aromatic N) is 3. The molecule has 1 aliphatic carbocycles. The number of rotatable bonds is 6. The third kappa shape index (κ3) is 4.89. The first-order valence-corrected chi connectivity index (χ1v) is 12.0. The van der Waals surface area contributed by atoms with Crippen molar-refractivity contribution in [1.29, 1.82) is 0 Å². The van der Waals surface area contributed by atoms with E-state index in [-0.39, 0.29) is 18.2 Å². The summed E-state index contributed by atoms with van der Waals surface area (Å²) in [6.45, 7) is 4.27. The number of fused-ring (bicyclic) bond motifs is 1. The van der Waals surface area contributed by atoms with E-state index < -0.39 is 5.54 Å². The van der Waals surface area contributed by atoms with Gasteiger partial charge in [0.15, 0.2) is 5.82 Å². The molecule has 2 aromatic rings. The predicted octanol–water partition coefficient (Wildman–Crippen LogP) is 3.98. The molecule has 0 spiro atoms. The molecule has 33 heavy (non-hydrogen) atoms. The summed E-state index contributed by atoms with van der Waals surface area (Å²) in [5.74, 6) is 1.62. The van der Waals surface area contributed by atoms with Gasteiger partial charge in [0.25, 0.3) is 0 Å². The monoisotopic (exact) mass is 454 g/mol. The fourth-order valence-electron chi connectivity index (χ4n) is 5.24. The van der Waals surface area contributed by atoms with Gasteiger partial charge in [-0.2, -0.15) is 4.98 Å². The van der Waals surface area contributed by atoms with E-state index in [1.54, 1.807) is 7.11 Å². The van der Waals surface area contributed by atoms with E-state index in [2.05, 4.69) is 22.4 Å². The van der Waals surface area contributed by atoms with Gasteiger partial charge in [0.05, 0.1) is 12.8 Å². The summed E-state index contributed by atoms with van der Waals surface area (Å²) in [6.07, 6.45) is 8.41. The van der Waals surface area contributed by atoms with Gasteiger partial charge in [-0.3, -0.25) is 9.59 Å². The van der Waals surface area contributed by atoms with Gasteiger partial charge in [0, 0.05) is 26.3 Å². The maximum absolute atomic E-state index is 13.2. The maximum atomic E-state index is 13.2. The first kappa shape index (κ1) is 23.3. The highest BCUT2D eigenvalue weighted by molar-refractivity contribution is 5.96. The third-order valence-electron chi connectivity index (χ3n) is 6.90. The molecule has 2 amide bonds. The summed E-state index contributed by atoms with van der Waals surface area (Å²) in [6, 6.07) is 3.97. The number of amides is 2. The minimum absolute atomic E-state index is 0.0191. The van der Waals surface area contributed by atoms with Crippen LogP contribution in [-0.4, -0.2) is 35.6 Å². The average Bonchev–Trinajstić information content (AvgIpc) is 3.17. The molecule has 1 N–H and O–H groups in total. The van der Waals surface area contributed by atoms with Crippen molar-refractivity contribution in [3.8, 4) is 5.75 Å². The molecule has 1 fully saturated rings. The molecule has 0 saturated heterocycles. The third-order valence-corrected chi connectivity index (χ3v) is 6.90. The predicted molar refractivity (Wildman–Crippen MR) is 124 cm³/mol. The first-order valence-electron chi connectivity index (χ1n) is 12.0. The number of anilines is 1. The van der Waals surface area contributed by atoms with E-state index in [0.29, 0.717) is 24.7 Å². The number of hydrogen-bond donors (Lipinski definition) is 1. The number of carbonyl (C=O) groups excluding carboxylic acids is 2. The van der Waals surface area contributed by atoms with Gasteiger partial charge < -0.3 is 19.5 Å². The van der Waals surface area contributed by atoms with Crippen LogP contribution in [0.5, 0.6) is 5.75 Å². The molecule has 178 valence electrons. The number of methoxy groups -OCH3 is 1. The highest BCUT2D eigenvalue weighted by Gasteiger charge is 2.38. The van der Waals surface area contributed by atoms with Gasteiger partial charge >= 0.3 is 0 Å². The van der Waals surface area contributed by atoms with Gasteiger partial charge in [-0.05, 0) is 49.8 Å². The molecule has 2 heterocycles. The Bertz CT molecular complexity index is 1010. The second-order valence-electron chi connectivity index (χ2n) is 9.25. The Morgan fingerprint density at radius 1 is 1.18 bits per heavy atom. The SMILES string of the molecule is COc1ccc(C)c2c1N(C(=O)CCc1nc(C3(NC(C)=O)CCCCCC3)no1)CCC2. The quantitative estimate of drug-likeness (QED) is 0.663. The molecule has 0 bridgehead atoms. The Labute approximate surface area is 195 Å². The number of hydrogen-bond acceptors (Lipinski definition) is 6. The number of nitrogens with one attached hydrogen (secondary N) is 1. The lowest BCUT2D eigenvalue weighted by Crippen LogP contribution is -2.45. The van der Waals surface area contributed by atoms with Crippen molar-refractivity contribution in [2.75, 3.05) is 18.6 Å². The van der Waals surface area contributed by atoms with Crippen LogP contribution in [0, 0.1) is 6.92 Å². The Balaban J connectivity index is 1.49. The Morgan fingerprint density at radius 3 is 2.64 bits per heavy atom. The van der Waals surface area contributed by atoms with Gasteiger partial charge in [-0.25, -0.2) is 0 Å². The van der Waals surface area contributed by atoms with Crippen LogP contribution in [0.1, 0.15) is 81.1 Å². The molecule has 2 aliphatic rings. The van der Waals surface area contributed by atoms with Crippen molar-refractivity contribution in [1.82, 2.24) is 15.5 Å². The second-order valence-corrected chi connectivity index (χ2v) is 9.25. The number of ether oxygens (including phenoxy) is 1. The van der Waals surface area contributed by atoms with Crippen molar-refractivity contribution >= 4 is 17.5 Å². The number of carbonyl (C=O) groups is 2. The standard InChI is InChI=1S/C25H34N4O4/c1-17-10-11-20(32-3)23-19(17)9-8-16-29(23)22(31)13-12-21-26-24(28-33-21)25(27-18(2)30)14-6-4-5-7-15-25/h10-11H,4-9,12-16H2,1-3H3,(H,27,30). The molecule has 8 heteroatoms. The first-order chi connectivity index (χ1) is 15.9. The van der Waals surface area contributed by atoms with Crippen molar-refractivity contribution in [2.45, 2.75) is 83.6 Å². The summed E-state index contributed by atoms with van der Waals surface area (Å²) in [4.78, 5) is 31.6. The van der Waals surface area contributed by atoms with Gasteiger partial charge in [0.1, 0.15) is 11.3 Å². The van der Waals surface area contributed by atoms with Crippen LogP contribution < -0.4 is 15.0 Å². The van der Waals surface area contributed by atoms with E-state index in [9.17, 15) is 9.59 Å². The Hall–Kier alpha value is -2.90. The summed E-state index contributed by atoms with van der Waals surface area (Å²) in [7, 11) is 1.64. The van der Waals surface area contributed by atoms with Crippen LogP contribution in [0.2, 0.25) is 0 Å². The van der Waals surface area contributed by atoms with Crippen LogP contribution in [-0.2, 0) is 28.0 Å². The average molecular weight is 455 g/mol. The fourth-order valence-corrected chi connectivity index (χ4v) is 5.24. The topological polar surface area (TPSA) is 97.6 Å². The van der Waals surface area contributed by atoms with E-state index >= 15 is 0 Å². The van der Waals surface area contributed by atoms with E-state index in [1.165, 1.54) is 18.1 Å². The summed E-state index contributed by atoms with van der Waals surface area (Å²) >= 11 is 0. The highest BCUT2D eigenvalue weighted by Crippen LogP contribution is 2.39. The second kappa shape index (κ2) is 9.93. The minimum atomic E-state index is -0.579. The van der Waals surface area contributed by atoms with Crippen molar-refractivity contribution in [2.24, 2.45) is 0 Å². The molecule has 1 aromatic heterocycles. The van der Waals surface area contributed by atoms with Crippen LogP contribution in [0.15, 0.2) is 16.7 Å². The van der Waals surface area contributed by atoms with E-state index in [4.69, 9.17) is 9.26 Å². The molecule has 1 aromatic carbocycles. The summed E-state index contributed by atoms with van der Waals surface area (Å²) < 4.78 is 11.1. The lowest BCUT2D eigenvalue weighted by molar-refractivity contribution is -0.121. The van der Waals surface area contributed by atoms with Crippen molar-refractivity contribution in [3.05, 3.63) is 35.0 Å². The Morgan fingerprint density at radius 2 is 1.94 bits per heavy atom. The van der Waals surface area contributed by atoms with Crippen LogP contribution in [0.3, 0.4) is 0 Å². The number of aryl methyl sites for hydroxylation is 2. The summed E-state index contributed by atoms with van der Waals surface area (Å²) in [5.41, 5.74) is 2.67. The number of aromatic nitrogens is 2. The summed E-state index contributed by atoms with van der Waals surface area (Å²) in [5, 5.41) is 7.32. The molecule has 4 rings (SSSR count). The molecular formula is C25H34N4O4. The lowest BCUT2D eigenvalue weighted by Gasteiger charge is -2.32. The fraction of sp³-hybridized carbons (Fsp3) is 0.600. The normalized spacial score (nSPS) is 17.7. The molecular weight excluding hydrogens is 420 g/mol. The zero-order chi connectivity index (χ0) is 23.4. The molecule has 1 aliphatic heterocycles. The van der Waals surface area contributed by atoms with E-state index in [0.717, 1.165) is 62.8 Å². The molecule has 0 unspecified atom stereocenters. The smallest absolute Gasteiger partial charge is 0.227 e. The van der Waals surface area contributed by atoms with Gasteiger partial charge in [-0.1, -0.05) is 36.9 Å². The molecule has 1 saturated carbocycles. The largest absolute Gasteiger partial charge is 0.495 e. The van der Waals surface area contributed by atoms with Crippen LogP contribution in [0.25, 0.3) is 0 Å². The highest BCUT2D eigenvalue weighted by atomic mass is 16.5. The van der Waals surface area contributed by atoms with Gasteiger partial charge in [-0.15, -0.1) is 0 Å². The molecule has 0 radical (unpaired) electrons. The van der Waals surface area contributed by atoms with Gasteiger partial charge in [0.2, 0.25) is 17.7 Å². The zero-order valence-electron chi connectivity index (χ0n) is 19.9. The zero-order valence-corrected chi connectivity index (χ0v) is 19.9. The van der Waals surface area contributed by atoms with Crippen molar-refractivity contribution in [3.63, 3.8) is 0 Å². The molecule has 0 atom stereocenters. The minimum Gasteiger partial charge on any atom is -0.495 e. The maximum Gasteiger partial charge on any atom is 0.227 e. The van der Waals surface area contributed by atoms with Crippen molar-refractivity contribution < 1.29 is 18.8 Å². The lowest BCUT2D eigenvalue weighted by atomic mass is 9.89.